The van der Waals surface area contributed by atoms with Gasteiger partial charge in [-0.25, -0.2) is 0 Å². The summed E-state index contributed by atoms with van der Waals surface area (Å²) in [7, 11) is 0. The predicted octanol–water partition coefficient (Wildman–Crippen LogP) is 2.67. The molecule has 0 aromatic carbocycles. The standard InChI is InChI=1S/C17H28BrNO5/c1-15(2,3)23-13(21)17(14(22)24-16(4,5)6)7-9-19(10-8-17)12(20)11-18/h7-11H2,1-6H3. The molecule has 0 bridgehead atoms. The van der Waals surface area contributed by atoms with Gasteiger partial charge in [-0.05, 0) is 54.4 Å². The highest BCUT2D eigenvalue weighted by Gasteiger charge is 2.53. The van der Waals surface area contributed by atoms with Crippen LogP contribution in [0.15, 0.2) is 0 Å². The number of rotatable bonds is 3. The fraction of sp³-hybridized carbons (Fsp3) is 0.824. The molecule has 0 saturated carbocycles. The molecule has 1 heterocycles. The molecule has 0 radical (unpaired) electrons. The van der Waals surface area contributed by atoms with E-state index in [1.54, 1.807) is 46.4 Å². The fourth-order valence-corrected chi connectivity index (χ4v) is 2.82. The van der Waals surface area contributed by atoms with Crippen LogP contribution >= 0.6 is 15.9 Å². The Bertz CT molecular complexity index is 466. The molecule has 0 unspecified atom stereocenters. The lowest BCUT2D eigenvalue weighted by Gasteiger charge is -2.40. The summed E-state index contributed by atoms with van der Waals surface area (Å²) in [5, 5.41) is 0.221. The van der Waals surface area contributed by atoms with Crippen molar-refractivity contribution >= 4 is 33.8 Å². The van der Waals surface area contributed by atoms with Gasteiger partial charge in [0.05, 0.1) is 5.33 Å². The van der Waals surface area contributed by atoms with Gasteiger partial charge in [0, 0.05) is 13.1 Å². The van der Waals surface area contributed by atoms with Crippen LogP contribution in [0.25, 0.3) is 0 Å². The molecule has 0 N–H and O–H groups in total. The van der Waals surface area contributed by atoms with E-state index in [4.69, 9.17) is 9.47 Å². The Labute approximate surface area is 152 Å². The Morgan fingerprint density at radius 3 is 1.58 bits per heavy atom. The summed E-state index contributed by atoms with van der Waals surface area (Å²) in [5.74, 6) is -1.21. The van der Waals surface area contributed by atoms with E-state index in [9.17, 15) is 14.4 Å². The first-order chi connectivity index (χ1) is 10.8. The van der Waals surface area contributed by atoms with Crippen molar-refractivity contribution < 1.29 is 23.9 Å². The van der Waals surface area contributed by atoms with Crippen molar-refractivity contribution in [3.63, 3.8) is 0 Å². The van der Waals surface area contributed by atoms with Crippen LogP contribution in [0.2, 0.25) is 0 Å². The van der Waals surface area contributed by atoms with Crippen LogP contribution in [0.1, 0.15) is 54.4 Å². The Kier molecular flexibility index (Phi) is 6.47. The van der Waals surface area contributed by atoms with Gasteiger partial charge < -0.3 is 14.4 Å². The summed E-state index contributed by atoms with van der Waals surface area (Å²) in [6.45, 7) is 11.2. The number of esters is 2. The van der Waals surface area contributed by atoms with Crippen LogP contribution in [0.5, 0.6) is 0 Å². The lowest BCUT2D eigenvalue weighted by molar-refractivity contribution is -0.189. The number of carbonyl (C=O) groups excluding carboxylic acids is 3. The molecule has 24 heavy (non-hydrogen) atoms. The minimum atomic E-state index is -1.36. The summed E-state index contributed by atoms with van der Waals surface area (Å²) < 4.78 is 11.0. The summed E-state index contributed by atoms with van der Waals surface area (Å²) in [6, 6.07) is 0. The monoisotopic (exact) mass is 405 g/mol. The Morgan fingerprint density at radius 1 is 0.917 bits per heavy atom. The number of amides is 1. The number of ether oxygens (including phenoxy) is 2. The molecule has 1 fully saturated rings. The van der Waals surface area contributed by atoms with Gasteiger partial charge >= 0.3 is 11.9 Å². The van der Waals surface area contributed by atoms with Gasteiger partial charge in [-0.2, -0.15) is 0 Å². The van der Waals surface area contributed by atoms with E-state index in [2.05, 4.69) is 15.9 Å². The molecular formula is C17H28BrNO5. The van der Waals surface area contributed by atoms with Gasteiger partial charge in [0.15, 0.2) is 5.41 Å². The van der Waals surface area contributed by atoms with Crippen molar-refractivity contribution in [2.75, 3.05) is 18.4 Å². The number of nitrogens with zero attached hydrogens (tertiary/aromatic N) is 1. The van der Waals surface area contributed by atoms with Gasteiger partial charge in [-0.1, -0.05) is 15.9 Å². The minimum absolute atomic E-state index is 0.0584. The second-order valence-electron chi connectivity index (χ2n) is 8.10. The van der Waals surface area contributed by atoms with E-state index in [0.29, 0.717) is 13.1 Å². The van der Waals surface area contributed by atoms with Crippen LogP contribution in [-0.2, 0) is 23.9 Å². The van der Waals surface area contributed by atoms with E-state index in [1.165, 1.54) is 0 Å². The highest BCUT2D eigenvalue weighted by molar-refractivity contribution is 9.09. The van der Waals surface area contributed by atoms with Crippen molar-refractivity contribution in [2.24, 2.45) is 5.41 Å². The van der Waals surface area contributed by atoms with Gasteiger partial charge in [-0.15, -0.1) is 0 Å². The third-order valence-corrected chi connectivity index (χ3v) is 4.14. The summed E-state index contributed by atoms with van der Waals surface area (Å²) in [5.41, 5.74) is -2.76. The SMILES string of the molecule is CC(C)(C)OC(=O)C1(C(=O)OC(C)(C)C)CCN(C(=O)CBr)CC1. The number of likely N-dealkylation sites (tertiary alicyclic amines) is 1. The van der Waals surface area contributed by atoms with Crippen LogP contribution in [0, 0.1) is 5.41 Å². The van der Waals surface area contributed by atoms with Crippen LogP contribution in [0.4, 0.5) is 0 Å². The van der Waals surface area contributed by atoms with Crippen molar-refractivity contribution in [2.45, 2.75) is 65.6 Å². The number of piperidine rings is 1. The topological polar surface area (TPSA) is 72.9 Å². The smallest absolute Gasteiger partial charge is 0.324 e. The number of hydrogen-bond donors (Lipinski definition) is 0. The molecule has 0 aromatic rings. The molecule has 1 saturated heterocycles. The Hall–Kier alpha value is -1.11. The summed E-state index contributed by atoms with van der Waals surface area (Å²) in [6.07, 6.45) is 0.408. The first kappa shape index (κ1) is 20.9. The second-order valence-corrected chi connectivity index (χ2v) is 8.66. The average Bonchev–Trinajstić information content (AvgIpc) is 2.42. The average molecular weight is 406 g/mol. The first-order valence-electron chi connectivity index (χ1n) is 8.11. The Morgan fingerprint density at radius 2 is 1.29 bits per heavy atom. The summed E-state index contributed by atoms with van der Waals surface area (Å²) in [4.78, 5) is 39.0. The molecule has 0 aliphatic carbocycles. The van der Waals surface area contributed by atoms with E-state index < -0.39 is 28.6 Å². The highest BCUT2D eigenvalue weighted by atomic mass is 79.9. The lowest BCUT2D eigenvalue weighted by Crippen LogP contribution is -2.54. The molecular weight excluding hydrogens is 378 g/mol. The predicted molar refractivity (Wildman–Crippen MR) is 93.7 cm³/mol. The van der Waals surface area contributed by atoms with Gasteiger partial charge in [0.2, 0.25) is 5.91 Å². The molecule has 1 aliphatic heterocycles. The number of carbonyl (C=O) groups is 3. The van der Waals surface area contributed by atoms with Crippen molar-refractivity contribution in [3.05, 3.63) is 0 Å². The van der Waals surface area contributed by atoms with Crippen LogP contribution in [0.3, 0.4) is 0 Å². The molecule has 0 atom stereocenters. The zero-order valence-electron chi connectivity index (χ0n) is 15.4. The molecule has 7 heteroatoms. The fourth-order valence-electron chi connectivity index (χ4n) is 2.47. The first-order valence-corrected chi connectivity index (χ1v) is 9.23. The van der Waals surface area contributed by atoms with Crippen LogP contribution < -0.4 is 0 Å². The third kappa shape index (κ3) is 5.46. The zero-order chi connectivity index (χ0) is 18.8. The maximum atomic E-state index is 12.8. The molecule has 138 valence electrons. The van der Waals surface area contributed by atoms with E-state index in [0.717, 1.165) is 0 Å². The number of halogens is 1. The van der Waals surface area contributed by atoms with E-state index in [-0.39, 0.29) is 24.1 Å². The van der Waals surface area contributed by atoms with E-state index >= 15 is 0 Å². The van der Waals surface area contributed by atoms with E-state index in [1.807, 2.05) is 0 Å². The lowest BCUT2D eigenvalue weighted by atomic mass is 9.78. The van der Waals surface area contributed by atoms with Crippen molar-refractivity contribution in [1.82, 2.24) is 4.90 Å². The maximum Gasteiger partial charge on any atom is 0.324 e. The maximum absolute atomic E-state index is 12.8. The van der Waals surface area contributed by atoms with Crippen molar-refractivity contribution in [3.8, 4) is 0 Å². The molecule has 1 aliphatic rings. The number of alkyl halides is 1. The molecule has 1 rings (SSSR count). The largest absolute Gasteiger partial charge is 0.459 e. The zero-order valence-corrected chi connectivity index (χ0v) is 17.0. The van der Waals surface area contributed by atoms with Gasteiger partial charge in [0.25, 0.3) is 0 Å². The quantitative estimate of drug-likeness (QED) is 0.409. The molecule has 1 amide bonds. The normalized spacial score (nSPS) is 18.0. The Balaban J connectivity index is 3.04. The second kappa shape index (κ2) is 7.42. The minimum Gasteiger partial charge on any atom is -0.459 e. The third-order valence-electron chi connectivity index (χ3n) is 3.66. The summed E-state index contributed by atoms with van der Waals surface area (Å²) >= 11 is 3.14. The molecule has 0 spiro atoms. The van der Waals surface area contributed by atoms with Gasteiger partial charge in [0.1, 0.15) is 11.2 Å². The van der Waals surface area contributed by atoms with Crippen molar-refractivity contribution in [1.29, 1.82) is 0 Å². The van der Waals surface area contributed by atoms with Crippen LogP contribution in [-0.4, -0.2) is 52.4 Å². The highest BCUT2D eigenvalue weighted by Crippen LogP contribution is 2.37. The molecule has 0 aromatic heterocycles. The van der Waals surface area contributed by atoms with Gasteiger partial charge in [-0.3, -0.25) is 14.4 Å². The molecule has 6 nitrogen and oxygen atoms in total. The number of hydrogen-bond acceptors (Lipinski definition) is 5.